The molecule has 0 saturated carbocycles. The second-order valence-corrected chi connectivity index (χ2v) is 6.89. The van der Waals surface area contributed by atoms with Crippen molar-refractivity contribution in [1.82, 2.24) is 9.88 Å². The van der Waals surface area contributed by atoms with Gasteiger partial charge in [0, 0.05) is 12.1 Å². The van der Waals surface area contributed by atoms with Gasteiger partial charge in [-0.2, -0.15) is 4.72 Å². The van der Waals surface area contributed by atoms with Gasteiger partial charge in [-0.3, -0.25) is 4.79 Å². The molecule has 1 aromatic carbocycles. The van der Waals surface area contributed by atoms with E-state index in [1.54, 1.807) is 6.92 Å². The predicted octanol–water partition coefficient (Wildman–Crippen LogP) is 1.31. The van der Waals surface area contributed by atoms with Gasteiger partial charge in [0.15, 0.2) is 17.3 Å². The standard InChI is InChI=1S/C15H19N3O6S/c1-9-7-14(17-24-9)16-15(19)10(2)18-25(20,21)11-5-6-12(22-3)13(8-11)23-4/h5-8,10,18H,1-4H3,(H,16,17,19)/t10-/m1/s1. The lowest BCUT2D eigenvalue weighted by Crippen LogP contribution is -2.41. The van der Waals surface area contributed by atoms with Crippen LogP contribution in [0.2, 0.25) is 0 Å². The van der Waals surface area contributed by atoms with Crippen LogP contribution in [0, 0.1) is 6.92 Å². The van der Waals surface area contributed by atoms with E-state index in [4.69, 9.17) is 14.0 Å². The van der Waals surface area contributed by atoms with Crippen LogP contribution in [0.5, 0.6) is 11.5 Å². The van der Waals surface area contributed by atoms with E-state index in [0.717, 1.165) is 0 Å². The number of amides is 1. The van der Waals surface area contributed by atoms with Gasteiger partial charge in [-0.05, 0) is 26.0 Å². The van der Waals surface area contributed by atoms with Gasteiger partial charge in [-0.1, -0.05) is 5.16 Å². The van der Waals surface area contributed by atoms with Crippen molar-refractivity contribution >= 4 is 21.7 Å². The van der Waals surface area contributed by atoms with Crippen molar-refractivity contribution in [1.29, 1.82) is 0 Å². The molecule has 1 aromatic heterocycles. The number of carbonyl (C=O) groups excluding carboxylic acids is 1. The fourth-order valence-electron chi connectivity index (χ4n) is 2.00. The normalized spacial score (nSPS) is 12.5. The molecule has 2 N–H and O–H groups in total. The summed E-state index contributed by atoms with van der Waals surface area (Å²) in [6.07, 6.45) is 0. The quantitative estimate of drug-likeness (QED) is 0.755. The molecule has 1 atom stereocenters. The minimum absolute atomic E-state index is 0.0536. The Morgan fingerprint density at radius 2 is 1.88 bits per heavy atom. The summed E-state index contributed by atoms with van der Waals surface area (Å²) < 4.78 is 42.2. The summed E-state index contributed by atoms with van der Waals surface area (Å²) in [5, 5.41) is 6.08. The molecule has 0 saturated heterocycles. The molecule has 0 aliphatic heterocycles. The molecular weight excluding hydrogens is 350 g/mol. The second-order valence-electron chi connectivity index (χ2n) is 5.17. The molecule has 0 unspecified atom stereocenters. The van der Waals surface area contributed by atoms with Gasteiger partial charge < -0.3 is 19.3 Å². The Morgan fingerprint density at radius 1 is 1.20 bits per heavy atom. The van der Waals surface area contributed by atoms with Gasteiger partial charge in [-0.25, -0.2) is 8.42 Å². The number of ether oxygens (including phenoxy) is 2. The Labute approximate surface area is 145 Å². The first kappa shape index (κ1) is 18.7. The Bertz CT molecular complexity index is 862. The SMILES string of the molecule is COc1ccc(S(=O)(=O)N[C@H](C)C(=O)Nc2cc(C)on2)cc1OC. The molecular formula is C15H19N3O6S. The largest absolute Gasteiger partial charge is 0.493 e. The number of aryl methyl sites for hydroxylation is 1. The summed E-state index contributed by atoms with van der Waals surface area (Å²) in [5.74, 6) is 0.820. The Hall–Kier alpha value is -2.59. The van der Waals surface area contributed by atoms with Gasteiger partial charge >= 0.3 is 0 Å². The number of rotatable bonds is 7. The van der Waals surface area contributed by atoms with E-state index in [1.165, 1.54) is 45.4 Å². The molecule has 0 radical (unpaired) electrons. The van der Waals surface area contributed by atoms with Crippen LogP contribution in [-0.4, -0.2) is 39.7 Å². The van der Waals surface area contributed by atoms with Crippen LogP contribution >= 0.6 is 0 Å². The monoisotopic (exact) mass is 369 g/mol. The predicted molar refractivity (Wildman–Crippen MR) is 89.2 cm³/mol. The number of hydrogen-bond acceptors (Lipinski definition) is 7. The van der Waals surface area contributed by atoms with Gasteiger partial charge in [0.25, 0.3) is 0 Å². The van der Waals surface area contributed by atoms with Crippen LogP contribution in [-0.2, 0) is 14.8 Å². The van der Waals surface area contributed by atoms with E-state index in [1.807, 2.05) is 0 Å². The highest BCUT2D eigenvalue weighted by atomic mass is 32.2. The van der Waals surface area contributed by atoms with Crippen molar-refractivity contribution in [3.05, 3.63) is 30.0 Å². The van der Waals surface area contributed by atoms with E-state index < -0.39 is 22.0 Å². The molecule has 10 heteroatoms. The summed E-state index contributed by atoms with van der Waals surface area (Å²) in [6, 6.07) is 4.63. The fraction of sp³-hybridized carbons (Fsp3) is 0.333. The van der Waals surface area contributed by atoms with Crippen molar-refractivity contribution in [3.63, 3.8) is 0 Å². The second kappa shape index (κ2) is 7.53. The van der Waals surface area contributed by atoms with Crippen LogP contribution < -0.4 is 19.5 Å². The van der Waals surface area contributed by atoms with Gasteiger partial charge in [-0.15, -0.1) is 0 Å². The number of benzene rings is 1. The van der Waals surface area contributed by atoms with Crippen molar-refractivity contribution in [2.45, 2.75) is 24.8 Å². The number of sulfonamides is 1. The zero-order valence-corrected chi connectivity index (χ0v) is 15.0. The van der Waals surface area contributed by atoms with Crippen molar-refractivity contribution in [2.24, 2.45) is 0 Å². The smallest absolute Gasteiger partial charge is 0.243 e. The molecule has 0 spiro atoms. The fourth-order valence-corrected chi connectivity index (χ4v) is 3.22. The molecule has 0 fully saturated rings. The molecule has 0 aliphatic carbocycles. The van der Waals surface area contributed by atoms with Gasteiger partial charge in [0.1, 0.15) is 5.76 Å². The summed E-state index contributed by atoms with van der Waals surface area (Å²) in [6.45, 7) is 3.09. The first-order chi connectivity index (χ1) is 11.8. The molecule has 1 heterocycles. The van der Waals surface area contributed by atoms with Gasteiger partial charge in [0.2, 0.25) is 15.9 Å². The maximum atomic E-state index is 12.4. The number of nitrogens with one attached hydrogen (secondary N) is 2. The van der Waals surface area contributed by atoms with E-state index in [9.17, 15) is 13.2 Å². The minimum Gasteiger partial charge on any atom is -0.493 e. The van der Waals surface area contributed by atoms with Gasteiger partial charge in [0.05, 0.1) is 25.2 Å². The molecule has 2 aromatic rings. The van der Waals surface area contributed by atoms with E-state index in [-0.39, 0.29) is 16.5 Å². The molecule has 136 valence electrons. The summed E-state index contributed by atoms with van der Waals surface area (Å²) in [7, 11) is -1.09. The third kappa shape index (κ3) is 4.48. The third-order valence-electron chi connectivity index (χ3n) is 3.27. The third-order valence-corrected chi connectivity index (χ3v) is 4.81. The highest BCUT2D eigenvalue weighted by Gasteiger charge is 2.24. The molecule has 2 rings (SSSR count). The van der Waals surface area contributed by atoms with Crippen molar-refractivity contribution in [2.75, 3.05) is 19.5 Å². The van der Waals surface area contributed by atoms with Crippen LogP contribution in [0.4, 0.5) is 5.82 Å². The number of carbonyl (C=O) groups is 1. The number of nitrogens with zero attached hydrogens (tertiary/aromatic N) is 1. The lowest BCUT2D eigenvalue weighted by atomic mass is 10.3. The van der Waals surface area contributed by atoms with Crippen molar-refractivity contribution in [3.8, 4) is 11.5 Å². The van der Waals surface area contributed by atoms with Crippen LogP contribution in [0.3, 0.4) is 0 Å². The Morgan fingerprint density at radius 3 is 2.44 bits per heavy atom. The topological polar surface area (TPSA) is 120 Å². The summed E-state index contributed by atoms with van der Waals surface area (Å²) in [5.41, 5.74) is 0. The number of aromatic nitrogens is 1. The summed E-state index contributed by atoms with van der Waals surface area (Å²) in [4.78, 5) is 12.0. The zero-order valence-electron chi connectivity index (χ0n) is 14.2. The molecule has 0 bridgehead atoms. The molecule has 0 aliphatic rings. The van der Waals surface area contributed by atoms with E-state index in [0.29, 0.717) is 11.5 Å². The van der Waals surface area contributed by atoms with E-state index >= 15 is 0 Å². The van der Waals surface area contributed by atoms with Crippen molar-refractivity contribution < 1.29 is 27.2 Å². The van der Waals surface area contributed by atoms with Crippen LogP contribution in [0.15, 0.2) is 33.7 Å². The molecule has 9 nitrogen and oxygen atoms in total. The minimum atomic E-state index is -3.94. The maximum Gasteiger partial charge on any atom is 0.243 e. The number of hydrogen-bond donors (Lipinski definition) is 2. The highest BCUT2D eigenvalue weighted by molar-refractivity contribution is 7.89. The molecule has 1 amide bonds. The average molecular weight is 369 g/mol. The Kier molecular flexibility index (Phi) is 5.65. The first-order valence-electron chi connectivity index (χ1n) is 7.25. The number of methoxy groups -OCH3 is 2. The highest BCUT2D eigenvalue weighted by Crippen LogP contribution is 2.29. The lowest BCUT2D eigenvalue weighted by Gasteiger charge is -2.14. The first-order valence-corrected chi connectivity index (χ1v) is 8.73. The summed E-state index contributed by atoms with van der Waals surface area (Å²) >= 11 is 0. The lowest BCUT2D eigenvalue weighted by molar-refractivity contribution is -0.117. The Balaban J connectivity index is 2.13. The molecule has 25 heavy (non-hydrogen) atoms. The van der Waals surface area contributed by atoms with E-state index in [2.05, 4.69) is 15.2 Å². The zero-order chi connectivity index (χ0) is 18.6. The average Bonchev–Trinajstić information content (AvgIpc) is 2.98. The van der Waals surface area contributed by atoms with Crippen LogP contribution in [0.25, 0.3) is 0 Å². The number of anilines is 1. The maximum absolute atomic E-state index is 12.4. The van der Waals surface area contributed by atoms with Crippen LogP contribution in [0.1, 0.15) is 12.7 Å².